The van der Waals surface area contributed by atoms with Crippen LogP contribution in [0.2, 0.25) is 0 Å². The van der Waals surface area contributed by atoms with Gasteiger partial charge in [-0.3, -0.25) is 9.79 Å². The normalized spacial score (nSPS) is 10.5. The molecule has 0 saturated heterocycles. The molecule has 0 spiro atoms. The maximum absolute atomic E-state index is 10.8. The third-order valence-corrected chi connectivity index (χ3v) is 1.62. The lowest BCUT2D eigenvalue weighted by Crippen LogP contribution is -2.32. The van der Waals surface area contributed by atoms with Crippen molar-refractivity contribution in [3.63, 3.8) is 0 Å². The molecule has 0 aromatic heterocycles. The van der Waals surface area contributed by atoms with Gasteiger partial charge in [-0.25, -0.2) is 0 Å². The van der Waals surface area contributed by atoms with Gasteiger partial charge in [-0.05, 0) is 20.8 Å². The average molecular weight is 184 g/mol. The van der Waals surface area contributed by atoms with E-state index in [1.807, 2.05) is 13.8 Å². The van der Waals surface area contributed by atoms with Crippen LogP contribution in [-0.4, -0.2) is 12.1 Å². The van der Waals surface area contributed by atoms with Crippen molar-refractivity contribution in [3.05, 3.63) is 12.3 Å². The van der Waals surface area contributed by atoms with Crippen LogP contribution in [-0.2, 0) is 4.79 Å². The predicted molar refractivity (Wildman–Crippen MR) is 57.6 cm³/mol. The Morgan fingerprint density at radius 3 is 2.08 bits per heavy atom. The quantitative estimate of drug-likeness (QED) is 0.671. The zero-order valence-electron chi connectivity index (χ0n) is 9.22. The maximum Gasteiger partial charge on any atom is 0.229 e. The van der Waals surface area contributed by atoms with Crippen molar-refractivity contribution >= 4 is 12.1 Å². The predicted octanol–water partition coefficient (Wildman–Crippen LogP) is 2.13. The number of hydrogen-bond acceptors (Lipinski definition) is 2. The van der Waals surface area contributed by atoms with E-state index in [9.17, 15) is 4.79 Å². The van der Waals surface area contributed by atoms with Crippen molar-refractivity contribution in [3.8, 4) is 0 Å². The summed E-state index contributed by atoms with van der Waals surface area (Å²) in [5, 5.41) is 0. The summed E-state index contributed by atoms with van der Waals surface area (Å²) in [5.41, 5.74) is 4.88. The summed E-state index contributed by atoms with van der Waals surface area (Å²) in [6.45, 7) is 12.8. The van der Waals surface area contributed by atoms with Gasteiger partial charge in [0.05, 0.1) is 5.41 Å². The lowest BCUT2D eigenvalue weighted by atomic mass is 9.89. The summed E-state index contributed by atoms with van der Waals surface area (Å²) >= 11 is 0. The lowest BCUT2D eigenvalue weighted by Gasteiger charge is -2.19. The number of primary amides is 1. The Morgan fingerprint density at radius 1 is 1.46 bits per heavy atom. The second-order valence-electron chi connectivity index (χ2n) is 2.82. The third-order valence-electron chi connectivity index (χ3n) is 1.62. The summed E-state index contributed by atoms with van der Waals surface area (Å²) in [6, 6.07) is 0. The molecule has 0 bridgehead atoms. The molecule has 0 fully saturated rings. The van der Waals surface area contributed by atoms with Crippen molar-refractivity contribution in [2.75, 3.05) is 0 Å². The molecule has 76 valence electrons. The van der Waals surface area contributed by atoms with Gasteiger partial charge >= 0.3 is 0 Å². The number of carbonyl (C=O) groups is 1. The van der Waals surface area contributed by atoms with Crippen molar-refractivity contribution in [2.45, 2.75) is 34.6 Å². The molecular weight excluding hydrogens is 164 g/mol. The van der Waals surface area contributed by atoms with Crippen LogP contribution in [0.5, 0.6) is 0 Å². The van der Waals surface area contributed by atoms with E-state index in [-0.39, 0.29) is 0 Å². The molecule has 0 aromatic carbocycles. The fourth-order valence-corrected chi connectivity index (χ4v) is 0.459. The SMILES string of the molecule is C=C(N=CC)C(C)(C)C(N)=O.CC. The first-order valence-electron chi connectivity index (χ1n) is 4.41. The van der Waals surface area contributed by atoms with Crippen LogP contribution >= 0.6 is 0 Å². The number of rotatable bonds is 3. The van der Waals surface area contributed by atoms with E-state index in [0.717, 1.165) is 0 Å². The van der Waals surface area contributed by atoms with Gasteiger partial charge < -0.3 is 5.73 Å². The van der Waals surface area contributed by atoms with Gasteiger partial charge in [0.25, 0.3) is 0 Å². The standard InChI is InChI=1S/C8H14N2O.C2H6/c1-5-10-6(2)8(3,4)7(9)11;1-2/h5H,2H2,1,3-4H3,(H2,9,11);1-2H3. The molecule has 0 atom stereocenters. The second-order valence-corrected chi connectivity index (χ2v) is 2.82. The second kappa shape index (κ2) is 6.40. The first-order valence-corrected chi connectivity index (χ1v) is 4.41. The van der Waals surface area contributed by atoms with E-state index in [1.165, 1.54) is 0 Å². The first kappa shape index (κ1) is 14.4. The summed E-state index contributed by atoms with van der Waals surface area (Å²) in [7, 11) is 0. The van der Waals surface area contributed by atoms with Crippen LogP contribution in [0, 0.1) is 5.41 Å². The highest BCUT2D eigenvalue weighted by atomic mass is 16.1. The van der Waals surface area contributed by atoms with E-state index in [2.05, 4.69) is 11.6 Å². The van der Waals surface area contributed by atoms with E-state index < -0.39 is 11.3 Å². The fourth-order valence-electron chi connectivity index (χ4n) is 0.459. The topological polar surface area (TPSA) is 55.4 Å². The minimum Gasteiger partial charge on any atom is -0.369 e. The van der Waals surface area contributed by atoms with Gasteiger partial charge in [-0.2, -0.15) is 0 Å². The van der Waals surface area contributed by atoms with Gasteiger partial charge in [-0.1, -0.05) is 20.4 Å². The monoisotopic (exact) mass is 184 g/mol. The minimum absolute atomic E-state index is 0.409. The molecule has 2 N–H and O–H groups in total. The van der Waals surface area contributed by atoms with Crippen molar-refractivity contribution < 1.29 is 4.79 Å². The van der Waals surface area contributed by atoms with Crippen LogP contribution in [0.3, 0.4) is 0 Å². The lowest BCUT2D eigenvalue weighted by molar-refractivity contribution is -0.124. The average Bonchev–Trinajstić information content (AvgIpc) is 2.08. The van der Waals surface area contributed by atoms with E-state index in [1.54, 1.807) is 27.0 Å². The van der Waals surface area contributed by atoms with Crippen LogP contribution in [0.25, 0.3) is 0 Å². The van der Waals surface area contributed by atoms with Gasteiger partial charge in [-0.15, -0.1) is 0 Å². The largest absolute Gasteiger partial charge is 0.369 e. The molecule has 0 radical (unpaired) electrons. The Balaban J connectivity index is 0. The fraction of sp³-hybridized carbons (Fsp3) is 0.600. The summed E-state index contributed by atoms with van der Waals surface area (Å²) in [4.78, 5) is 14.7. The summed E-state index contributed by atoms with van der Waals surface area (Å²) in [6.07, 6.45) is 1.59. The molecule has 0 heterocycles. The zero-order valence-corrected chi connectivity index (χ0v) is 9.22. The van der Waals surface area contributed by atoms with Gasteiger partial charge in [0.2, 0.25) is 5.91 Å². The Kier molecular flexibility index (Phi) is 7.09. The zero-order chi connectivity index (χ0) is 11.1. The summed E-state index contributed by atoms with van der Waals surface area (Å²) in [5.74, 6) is -0.409. The minimum atomic E-state index is -0.744. The molecular formula is C10H20N2O. The van der Waals surface area contributed by atoms with Crippen LogP contribution in [0.1, 0.15) is 34.6 Å². The Labute approximate surface area is 80.7 Å². The molecule has 1 amide bonds. The van der Waals surface area contributed by atoms with E-state index >= 15 is 0 Å². The number of amides is 1. The molecule has 0 aromatic rings. The van der Waals surface area contributed by atoms with Crippen LogP contribution in [0.4, 0.5) is 0 Å². The highest BCUT2D eigenvalue weighted by Crippen LogP contribution is 2.24. The number of nitrogens with zero attached hydrogens (tertiary/aromatic N) is 1. The van der Waals surface area contributed by atoms with Crippen molar-refractivity contribution in [1.29, 1.82) is 0 Å². The van der Waals surface area contributed by atoms with Gasteiger partial charge in [0.1, 0.15) is 0 Å². The number of carbonyl (C=O) groups excluding carboxylic acids is 1. The Bertz CT molecular complexity index is 205. The highest BCUT2D eigenvalue weighted by molar-refractivity contribution is 5.83. The molecule has 0 aliphatic heterocycles. The molecule has 13 heavy (non-hydrogen) atoms. The van der Waals surface area contributed by atoms with Crippen molar-refractivity contribution in [1.82, 2.24) is 0 Å². The molecule has 0 unspecified atom stereocenters. The molecule has 0 rings (SSSR count). The first-order chi connectivity index (χ1) is 5.92. The molecule has 3 heteroatoms. The third kappa shape index (κ3) is 4.45. The van der Waals surface area contributed by atoms with Crippen LogP contribution < -0.4 is 5.73 Å². The number of hydrogen-bond donors (Lipinski definition) is 1. The van der Waals surface area contributed by atoms with E-state index in [4.69, 9.17) is 5.73 Å². The van der Waals surface area contributed by atoms with Crippen molar-refractivity contribution in [2.24, 2.45) is 16.1 Å². The maximum atomic E-state index is 10.8. The number of aliphatic imine (C=N–C) groups is 1. The summed E-state index contributed by atoms with van der Waals surface area (Å²) < 4.78 is 0. The van der Waals surface area contributed by atoms with Crippen LogP contribution in [0.15, 0.2) is 17.3 Å². The molecule has 0 saturated carbocycles. The molecule has 0 aliphatic carbocycles. The van der Waals surface area contributed by atoms with Gasteiger partial charge in [0, 0.05) is 11.9 Å². The smallest absolute Gasteiger partial charge is 0.229 e. The Hall–Kier alpha value is -1.12. The molecule has 0 aliphatic rings. The number of nitrogens with two attached hydrogens (primary N) is 1. The van der Waals surface area contributed by atoms with E-state index in [0.29, 0.717) is 5.70 Å². The highest BCUT2D eigenvalue weighted by Gasteiger charge is 2.27. The molecule has 3 nitrogen and oxygen atoms in total. The van der Waals surface area contributed by atoms with Gasteiger partial charge in [0.15, 0.2) is 0 Å². The Morgan fingerprint density at radius 2 is 1.85 bits per heavy atom.